The Bertz CT molecular complexity index is 613. The summed E-state index contributed by atoms with van der Waals surface area (Å²) >= 11 is 0. The summed E-state index contributed by atoms with van der Waals surface area (Å²) in [6.07, 6.45) is 1.53. The molecule has 0 atom stereocenters. The van der Waals surface area contributed by atoms with Crippen LogP contribution >= 0.6 is 0 Å². The maximum absolute atomic E-state index is 11.9. The Balaban J connectivity index is 2.71. The van der Waals surface area contributed by atoms with E-state index in [1.807, 2.05) is 20.8 Å². The van der Waals surface area contributed by atoms with Crippen LogP contribution in [0.3, 0.4) is 0 Å². The van der Waals surface area contributed by atoms with Gasteiger partial charge in [-0.25, -0.2) is 9.97 Å². The van der Waals surface area contributed by atoms with Crippen molar-refractivity contribution in [2.45, 2.75) is 26.2 Å². The molecule has 90 valence electrons. The zero-order chi connectivity index (χ0) is 12.6. The van der Waals surface area contributed by atoms with E-state index in [0.29, 0.717) is 16.9 Å². The van der Waals surface area contributed by atoms with Gasteiger partial charge in [0.1, 0.15) is 11.2 Å². The van der Waals surface area contributed by atoms with Crippen LogP contribution in [0.1, 0.15) is 26.5 Å². The van der Waals surface area contributed by atoms with Crippen LogP contribution in [0.5, 0.6) is 6.01 Å². The fourth-order valence-electron chi connectivity index (χ4n) is 1.48. The Hall–Kier alpha value is -1.98. The van der Waals surface area contributed by atoms with E-state index in [1.165, 1.54) is 13.3 Å². The molecule has 6 nitrogen and oxygen atoms in total. The smallest absolute Gasteiger partial charge is 0.318 e. The van der Waals surface area contributed by atoms with Crippen LogP contribution in [0.4, 0.5) is 0 Å². The fourth-order valence-corrected chi connectivity index (χ4v) is 1.48. The average molecular weight is 234 g/mol. The maximum atomic E-state index is 11.9. The first-order valence-corrected chi connectivity index (χ1v) is 5.23. The summed E-state index contributed by atoms with van der Waals surface area (Å²) < 4.78 is 4.89. The third-order valence-corrected chi connectivity index (χ3v) is 2.32. The molecule has 1 N–H and O–H groups in total. The fraction of sp³-hybridized carbons (Fsp3) is 0.455. The van der Waals surface area contributed by atoms with E-state index in [1.54, 1.807) is 0 Å². The van der Waals surface area contributed by atoms with Gasteiger partial charge in [0.15, 0.2) is 5.65 Å². The van der Waals surface area contributed by atoms with Gasteiger partial charge in [0, 0.05) is 5.41 Å². The summed E-state index contributed by atoms with van der Waals surface area (Å²) in [5, 5.41) is 0. The van der Waals surface area contributed by atoms with Gasteiger partial charge >= 0.3 is 6.01 Å². The van der Waals surface area contributed by atoms with Crippen LogP contribution < -0.4 is 10.3 Å². The molecule has 2 heterocycles. The molecule has 0 saturated carbocycles. The minimum Gasteiger partial charge on any atom is -0.467 e. The monoisotopic (exact) mass is 234 g/mol. The minimum atomic E-state index is -0.318. The van der Waals surface area contributed by atoms with Crippen LogP contribution in [0.2, 0.25) is 0 Å². The Morgan fingerprint density at radius 3 is 2.59 bits per heavy atom. The lowest BCUT2D eigenvalue weighted by Crippen LogP contribution is -2.26. The number of rotatable bonds is 1. The van der Waals surface area contributed by atoms with E-state index in [9.17, 15) is 4.79 Å². The molecule has 2 aromatic heterocycles. The molecule has 0 amide bonds. The molecule has 2 aromatic rings. The second kappa shape index (κ2) is 3.80. The minimum absolute atomic E-state index is 0.207. The SMILES string of the molecule is COc1ncc2nc(C(C)(C)C)c(=O)[nH]c2n1. The predicted molar refractivity (Wildman–Crippen MR) is 63.2 cm³/mol. The van der Waals surface area contributed by atoms with E-state index in [0.717, 1.165) is 0 Å². The van der Waals surface area contributed by atoms with Crippen LogP contribution in [-0.4, -0.2) is 27.0 Å². The molecule has 0 spiro atoms. The van der Waals surface area contributed by atoms with Crippen molar-refractivity contribution >= 4 is 11.2 Å². The maximum Gasteiger partial charge on any atom is 0.318 e. The Morgan fingerprint density at radius 2 is 2.00 bits per heavy atom. The van der Waals surface area contributed by atoms with Gasteiger partial charge in [0.25, 0.3) is 5.56 Å². The first-order chi connectivity index (χ1) is 7.91. The number of nitrogens with one attached hydrogen (secondary N) is 1. The average Bonchev–Trinajstić information content (AvgIpc) is 2.25. The van der Waals surface area contributed by atoms with Crippen molar-refractivity contribution in [3.05, 3.63) is 22.2 Å². The van der Waals surface area contributed by atoms with E-state index >= 15 is 0 Å². The molecule has 0 radical (unpaired) electrons. The Kier molecular flexibility index (Phi) is 2.57. The summed E-state index contributed by atoms with van der Waals surface area (Å²) in [6.45, 7) is 5.79. The molecule has 6 heteroatoms. The lowest BCUT2D eigenvalue weighted by molar-refractivity contribution is 0.381. The first kappa shape index (κ1) is 11.5. The zero-order valence-electron chi connectivity index (χ0n) is 10.2. The largest absolute Gasteiger partial charge is 0.467 e. The number of fused-ring (bicyclic) bond motifs is 1. The lowest BCUT2D eigenvalue weighted by atomic mass is 9.92. The van der Waals surface area contributed by atoms with Crippen LogP contribution in [-0.2, 0) is 5.41 Å². The van der Waals surface area contributed by atoms with Crippen molar-refractivity contribution in [1.29, 1.82) is 0 Å². The lowest BCUT2D eigenvalue weighted by Gasteiger charge is -2.16. The molecule has 0 aliphatic carbocycles. The standard InChI is InChI=1S/C11H14N4O2/c1-11(2,3)7-9(16)14-8-6(13-7)5-12-10(15-8)17-4/h5H,1-4H3,(H,12,14,15,16). The molecule has 0 saturated heterocycles. The molecular weight excluding hydrogens is 220 g/mol. The van der Waals surface area contributed by atoms with Crippen molar-refractivity contribution < 1.29 is 4.74 Å². The molecule has 0 aliphatic heterocycles. The highest BCUT2D eigenvalue weighted by atomic mass is 16.5. The Morgan fingerprint density at radius 1 is 1.29 bits per heavy atom. The molecule has 17 heavy (non-hydrogen) atoms. The quantitative estimate of drug-likeness (QED) is 0.796. The van der Waals surface area contributed by atoms with Gasteiger partial charge in [0.2, 0.25) is 0 Å². The molecule has 0 bridgehead atoms. The molecule has 2 rings (SSSR count). The van der Waals surface area contributed by atoms with Crippen molar-refractivity contribution in [3.63, 3.8) is 0 Å². The van der Waals surface area contributed by atoms with Crippen LogP contribution in [0.15, 0.2) is 11.0 Å². The summed E-state index contributed by atoms with van der Waals surface area (Å²) in [7, 11) is 1.47. The summed E-state index contributed by atoms with van der Waals surface area (Å²) in [6, 6.07) is 0.207. The van der Waals surface area contributed by atoms with Gasteiger partial charge in [-0.1, -0.05) is 20.8 Å². The third kappa shape index (κ3) is 2.11. The highest BCUT2D eigenvalue weighted by Crippen LogP contribution is 2.18. The summed E-state index contributed by atoms with van der Waals surface area (Å²) in [5.74, 6) is 0. The van der Waals surface area contributed by atoms with Gasteiger partial charge in [-0.15, -0.1) is 0 Å². The van der Waals surface area contributed by atoms with Crippen molar-refractivity contribution in [2.75, 3.05) is 7.11 Å². The number of methoxy groups -OCH3 is 1. The van der Waals surface area contributed by atoms with Crippen molar-refractivity contribution in [1.82, 2.24) is 19.9 Å². The summed E-state index contributed by atoms with van der Waals surface area (Å²) in [5.41, 5.74) is 0.858. The number of H-pyrrole nitrogens is 1. The van der Waals surface area contributed by atoms with Crippen LogP contribution in [0.25, 0.3) is 11.2 Å². The van der Waals surface area contributed by atoms with Gasteiger partial charge in [-0.05, 0) is 0 Å². The van der Waals surface area contributed by atoms with Crippen molar-refractivity contribution in [2.24, 2.45) is 0 Å². The zero-order valence-corrected chi connectivity index (χ0v) is 10.2. The third-order valence-electron chi connectivity index (χ3n) is 2.32. The van der Waals surface area contributed by atoms with E-state index in [-0.39, 0.29) is 17.0 Å². The predicted octanol–water partition coefficient (Wildman–Crippen LogP) is 1.02. The second-order valence-electron chi connectivity index (χ2n) is 4.76. The van der Waals surface area contributed by atoms with E-state index < -0.39 is 0 Å². The van der Waals surface area contributed by atoms with E-state index in [2.05, 4.69) is 19.9 Å². The number of aromatic nitrogens is 4. The highest BCUT2D eigenvalue weighted by molar-refractivity contribution is 5.68. The highest BCUT2D eigenvalue weighted by Gasteiger charge is 2.20. The molecule has 0 unspecified atom stereocenters. The second-order valence-corrected chi connectivity index (χ2v) is 4.76. The number of hydrogen-bond acceptors (Lipinski definition) is 5. The molecule has 0 fully saturated rings. The number of aromatic amines is 1. The topological polar surface area (TPSA) is 80.8 Å². The number of nitrogens with zero attached hydrogens (tertiary/aromatic N) is 3. The summed E-state index contributed by atoms with van der Waals surface area (Å²) in [4.78, 5) is 26.8. The molecular formula is C11H14N4O2. The van der Waals surface area contributed by atoms with Gasteiger partial charge in [-0.3, -0.25) is 4.79 Å². The number of hydrogen-bond donors (Lipinski definition) is 1. The van der Waals surface area contributed by atoms with Crippen molar-refractivity contribution in [3.8, 4) is 6.01 Å². The van der Waals surface area contributed by atoms with Crippen LogP contribution in [0, 0.1) is 0 Å². The molecule has 0 aliphatic rings. The van der Waals surface area contributed by atoms with Gasteiger partial charge in [0.05, 0.1) is 13.3 Å². The van der Waals surface area contributed by atoms with E-state index in [4.69, 9.17) is 4.74 Å². The first-order valence-electron chi connectivity index (χ1n) is 5.23. The number of ether oxygens (including phenoxy) is 1. The Labute approximate surface area is 98.1 Å². The normalized spacial score (nSPS) is 11.8. The van der Waals surface area contributed by atoms with Gasteiger partial charge < -0.3 is 9.72 Å². The molecule has 0 aromatic carbocycles. The van der Waals surface area contributed by atoms with Gasteiger partial charge in [-0.2, -0.15) is 4.98 Å².